The van der Waals surface area contributed by atoms with Crippen LogP contribution in [0.15, 0.2) is 12.3 Å². The van der Waals surface area contributed by atoms with E-state index >= 15 is 0 Å². The van der Waals surface area contributed by atoms with Crippen molar-refractivity contribution in [1.82, 2.24) is 0 Å². The Morgan fingerprint density at radius 3 is 0.611 bits per heavy atom. The van der Waals surface area contributed by atoms with Gasteiger partial charge in [-0.1, -0.05) is 141 Å². The van der Waals surface area contributed by atoms with Gasteiger partial charge in [-0.3, -0.25) is 0 Å². The van der Waals surface area contributed by atoms with Gasteiger partial charge in [0.25, 0.3) is 0 Å². The first kappa shape index (κ1) is 104. The molecule has 0 aromatic carbocycles. The highest BCUT2D eigenvalue weighted by molar-refractivity contribution is 6.66. The van der Waals surface area contributed by atoms with Crippen LogP contribution in [-0.2, 0) is 92.9 Å². The van der Waals surface area contributed by atoms with Gasteiger partial charge in [0.15, 0.2) is 0 Å². The van der Waals surface area contributed by atoms with Gasteiger partial charge in [-0.05, 0) is 92.2 Å². The fraction of sp³-hybridized carbons (Fsp3) is 0.968. The molecular formula is C62H150O21Si7. The van der Waals surface area contributed by atoms with Gasteiger partial charge in [0.2, 0.25) is 0 Å². The van der Waals surface area contributed by atoms with Gasteiger partial charge in [0.05, 0.1) is 0 Å². The van der Waals surface area contributed by atoms with E-state index in [9.17, 15) is 0 Å². The average molecular weight is 1430 g/mol. The molecular weight excluding hydrogens is 1280 g/mol. The maximum atomic E-state index is 6.10. The Morgan fingerprint density at radius 1 is 0.222 bits per heavy atom. The Morgan fingerprint density at radius 2 is 0.444 bits per heavy atom. The van der Waals surface area contributed by atoms with Gasteiger partial charge in [-0.25, -0.2) is 0 Å². The first-order valence-corrected chi connectivity index (χ1v) is 47.9. The van der Waals surface area contributed by atoms with Crippen LogP contribution in [-0.4, -0.2) is 205 Å². The van der Waals surface area contributed by atoms with Gasteiger partial charge in [-0.2, -0.15) is 0 Å². The van der Waals surface area contributed by atoms with Crippen LogP contribution in [0.2, 0.25) is 36.3 Å². The molecule has 0 saturated carbocycles. The maximum absolute atomic E-state index is 6.10. The summed E-state index contributed by atoms with van der Waals surface area (Å²) in [6, 6.07) is 5.45. The highest BCUT2D eigenvalue weighted by atomic mass is 28.4. The number of hydrogen-bond donors (Lipinski definition) is 0. The zero-order valence-electron chi connectivity index (χ0n) is 63.7. The molecule has 0 aromatic rings. The van der Waals surface area contributed by atoms with Crippen molar-refractivity contribution in [3.05, 3.63) is 12.3 Å². The summed E-state index contributed by atoms with van der Waals surface area (Å²) >= 11 is 0. The molecule has 90 heavy (non-hydrogen) atoms. The molecule has 0 heterocycles. The lowest BCUT2D eigenvalue weighted by molar-refractivity contribution is 0.0559. The minimum atomic E-state index is -2.43. The lowest BCUT2D eigenvalue weighted by atomic mass is 10.4. The quantitative estimate of drug-likeness (QED) is 0.0412. The van der Waals surface area contributed by atoms with Crippen LogP contribution in [0.25, 0.3) is 0 Å². The molecule has 0 aromatic heterocycles. The standard InChI is InChI=1S/C15H34O3Si.C12H28O3Si.C9H22O3Si.C8H20O3Si.C7H18O3Si.C6H16O3Si.C5H12O3Si/c1-5-9-12-16-19(15-8-4,17-13-10-6-2)18-14-11-7-3;1-5-9-13-16(12-8-4,14-10-6-2)15-11-7-3;1-5-9-13(10-6-2,11-7-3)12-8-4;1-5-9-12(8-4,10-6-2)11-7-3;1-5-6-7-11(8-2,9-3)10-4;1-5-6-10(7-2,8-3)9-4;1-5-9(6-2,7-3)8-4/h5-15H2,1-4H3;5-12H2,1-4H3;5-9H2,1-4H3;5-8H2,1-4H3;5-7H2,1-4H3;5-6H2,1-4H3;5H,1H2,2-4H3. The predicted molar refractivity (Wildman–Crippen MR) is 385 cm³/mol. The van der Waals surface area contributed by atoms with E-state index in [-0.39, 0.29) is 0 Å². The van der Waals surface area contributed by atoms with Crippen molar-refractivity contribution in [2.75, 3.05) is 143 Å². The van der Waals surface area contributed by atoms with Gasteiger partial charge >= 0.3 is 61.6 Å². The molecule has 0 aliphatic heterocycles. The van der Waals surface area contributed by atoms with Gasteiger partial charge in [0.1, 0.15) is 0 Å². The largest absolute Gasteiger partial charge is 0.528 e. The van der Waals surface area contributed by atoms with E-state index in [0.29, 0.717) is 39.6 Å². The van der Waals surface area contributed by atoms with Crippen LogP contribution in [0, 0.1) is 0 Å². The summed E-state index contributed by atoms with van der Waals surface area (Å²) in [6.45, 7) is 49.6. The molecule has 0 saturated heterocycles. The van der Waals surface area contributed by atoms with Crippen molar-refractivity contribution in [2.24, 2.45) is 0 Å². The molecule has 552 valence electrons. The monoisotopic (exact) mass is 1430 g/mol. The molecule has 28 heteroatoms. The lowest BCUT2D eigenvalue weighted by Gasteiger charge is -2.29. The molecule has 0 bridgehead atoms. The molecule has 0 atom stereocenters. The maximum Gasteiger partial charge on any atom is 0.528 e. The van der Waals surface area contributed by atoms with Crippen LogP contribution >= 0.6 is 0 Å². The molecule has 0 spiro atoms. The van der Waals surface area contributed by atoms with E-state index in [1.54, 1.807) is 69.7 Å². The van der Waals surface area contributed by atoms with E-state index in [1.165, 1.54) is 0 Å². The van der Waals surface area contributed by atoms with E-state index in [4.69, 9.17) is 92.9 Å². The molecule has 0 amide bonds. The minimum absolute atomic E-state index is 0.667. The summed E-state index contributed by atoms with van der Waals surface area (Å²) in [5.41, 5.74) is 1.58. The number of rotatable bonds is 55. The summed E-state index contributed by atoms with van der Waals surface area (Å²) in [4.78, 5) is 0. The normalized spacial score (nSPS) is 11.9. The van der Waals surface area contributed by atoms with Crippen LogP contribution in [0.3, 0.4) is 0 Å². The Balaban J connectivity index is -0.000000181. The van der Waals surface area contributed by atoms with Crippen LogP contribution in [0.5, 0.6) is 0 Å². The third-order valence-electron chi connectivity index (χ3n) is 12.7. The zero-order valence-corrected chi connectivity index (χ0v) is 70.7. The molecule has 0 aliphatic rings. The third-order valence-corrected chi connectivity index (χ3v) is 33.1. The number of unbranched alkanes of at least 4 members (excludes halogenated alkanes) is 4. The Bertz CT molecular complexity index is 1270. The Hall–Kier alpha value is 0.418. The Kier molecular flexibility index (Phi) is 85.0. The van der Waals surface area contributed by atoms with Crippen molar-refractivity contribution >= 4 is 61.6 Å². The second-order valence-electron chi connectivity index (χ2n) is 19.9. The van der Waals surface area contributed by atoms with Gasteiger partial charge in [-0.15, -0.1) is 0 Å². The molecule has 0 unspecified atom stereocenters. The highest BCUT2D eigenvalue weighted by Crippen LogP contribution is 2.23. The third kappa shape index (κ3) is 54.4. The average Bonchev–Trinajstić information content (AvgIpc) is 3.74. The smallest absolute Gasteiger partial charge is 0.377 e. The molecule has 0 radical (unpaired) electrons. The number of hydrogen-bond acceptors (Lipinski definition) is 21. The van der Waals surface area contributed by atoms with E-state index in [1.807, 2.05) is 48.5 Å². The summed E-state index contributed by atoms with van der Waals surface area (Å²) in [6.07, 6.45) is 16.2. The van der Waals surface area contributed by atoms with Crippen molar-refractivity contribution in [2.45, 2.75) is 257 Å². The molecule has 0 rings (SSSR count). The van der Waals surface area contributed by atoms with Crippen LogP contribution in [0.1, 0.15) is 221 Å². The minimum Gasteiger partial charge on any atom is -0.377 e. The molecule has 0 N–H and O–H groups in total. The van der Waals surface area contributed by atoms with Gasteiger partial charge < -0.3 is 92.9 Å². The second kappa shape index (κ2) is 73.7. The van der Waals surface area contributed by atoms with Crippen molar-refractivity contribution in [1.29, 1.82) is 0 Å². The SMILES string of the molecule is C=C[Si](OC)(OC)OC.CCCCO[Si](CCC)(OCCCC)OCCCC.CCCC[Si](OC)(OC)OC.CCCO[Si](CCC)(OCCC)OCCC.CCC[Si](OC)(OC)OC.CCC[Si](OCC)(OCC)OCC.CCO[Si](CC)(OCC)OCC. The van der Waals surface area contributed by atoms with E-state index in [0.717, 1.165) is 172 Å². The molecule has 0 fully saturated rings. The molecule has 0 aliphatic carbocycles. The predicted octanol–water partition coefficient (Wildman–Crippen LogP) is 16.4. The summed E-state index contributed by atoms with van der Waals surface area (Å²) < 4.78 is 116. The van der Waals surface area contributed by atoms with E-state index < -0.39 is 61.6 Å². The van der Waals surface area contributed by atoms with Crippen molar-refractivity contribution < 1.29 is 92.9 Å². The fourth-order valence-electron chi connectivity index (χ4n) is 7.89. The van der Waals surface area contributed by atoms with Crippen LogP contribution in [0.4, 0.5) is 0 Å². The summed E-state index contributed by atoms with van der Waals surface area (Å²) in [5.74, 6) is 0. The van der Waals surface area contributed by atoms with Gasteiger partial charge in [0, 0.05) is 180 Å². The topological polar surface area (TPSA) is 194 Å². The summed E-state index contributed by atoms with van der Waals surface area (Å²) in [7, 11) is -1.74. The first-order valence-electron chi connectivity index (χ1n) is 34.5. The zero-order chi connectivity index (χ0) is 70.4. The van der Waals surface area contributed by atoms with Crippen molar-refractivity contribution in [3.63, 3.8) is 0 Å². The second-order valence-corrected chi connectivity index (χ2v) is 40.1. The fourth-order valence-corrected chi connectivity index (χ4v) is 22.8. The van der Waals surface area contributed by atoms with Crippen molar-refractivity contribution in [3.8, 4) is 0 Å². The Labute approximate surface area is 564 Å². The first-order chi connectivity index (χ1) is 43.2. The lowest BCUT2D eigenvalue weighted by Crippen LogP contribution is -2.46. The van der Waals surface area contributed by atoms with Crippen LogP contribution < -0.4 is 0 Å². The molecule has 21 nitrogen and oxygen atoms in total. The highest BCUT2D eigenvalue weighted by Gasteiger charge is 2.43. The van der Waals surface area contributed by atoms with E-state index in [2.05, 4.69) is 82.7 Å². The summed E-state index contributed by atoms with van der Waals surface area (Å²) in [5, 5.41) is 0.